The first-order chi connectivity index (χ1) is 33.3. The highest BCUT2D eigenvalue weighted by atomic mass is 15.1. The van der Waals surface area contributed by atoms with Crippen molar-refractivity contribution in [1.29, 1.82) is 0 Å². The van der Waals surface area contributed by atoms with Gasteiger partial charge in [0, 0.05) is 22.5 Å². The molecule has 0 amide bonds. The maximum absolute atomic E-state index is 2.60. The van der Waals surface area contributed by atoms with E-state index in [2.05, 4.69) is 266 Å². The lowest BCUT2D eigenvalue weighted by atomic mass is 9.66. The number of para-hydroxylation sites is 1. The van der Waals surface area contributed by atoms with Gasteiger partial charge in [0.15, 0.2) is 0 Å². The van der Waals surface area contributed by atoms with Crippen molar-refractivity contribution in [3.63, 3.8) is 0 Å². The number of fused-ring (bicyclic) bond motifs is 15. The molecule has 0 atom stereocenters. The van der Waals surface area contributed by atoms with Crippen LogP contribution in [-0.4, -0.2) is 0 Å². The van der Waals surface area contributed by atoms with Crippen LogP contribution in [0.4, 0.5) is 17.1 Å². The average Bonchev–Trinajstić information content (AvgIpc) is 4.00. The molecule has 3 aliphatic carbocycles. The van der Waals surface area contributed by atoms with Crippen molar-refractivity contribution < 1.29 is 0 Å². The van der Waals surface area contributed by atoms with Crippen LogP contribution < -0.4 is 4.90 Å². The lowest BCUT2D eigenvalue weighted by molar-refractivity contribution is 0.775. The summed E-state index contributed by atoms with van der Waals surface area (Å²) in [5.74, 6) is 0. The Bertz CT molecular complexity index is 3640. The zero-order chi connectivity index (χ0) is 44.1. The molecule has 1 heteroatoms. The molecular weight excluding hydrogens is 807 g/mol. The number of benzene rings is 11. The quantitative estimate of drug-likeness (QED) is 0.161. The molecule has 0 radical (unpaired) electrons. The van der Waals surface area contributed by atoms with E-state index in [1.54, 1.807) is 0 Å². The van der Waals surface area contributed by atoms with Gasteiger partial charge in [-0.05, 0) is 113 Å². The zero-order valence-electron chi connectivity index (χ0n) is 36.8. The van der Waals surface area contributed by atoms with Crippen molar-refractivity contribution in [2.75, 3.05) is 4.90 Å². The van der Waals surface area contributed by atoms with Crippen LogP contribution in [0, 0.1) is 0 Å². The Labute approximate surface area is 391 Å². The summed E-state index contributed by atoms with van der Waals surface area (Å²) >= 11 is 0. The highest BCUT2D eigenvalue weighted by Crippen LogP contribution is 2.66. The largest absolute Gasteiger partial charge is 0.309 e. The first-order valence-electron chi connectivity index (χ1n) is 23.4. The van der Waals surface area contributed by atoms with Gasteiger partial charge in [0.2, 0.25) is 0 Å². The Kier molecular flexibility index (Phi) is 8.18. The number of hydrogen-bond acceptors (Lipinski definition) is 1. The lowest BCUT2D eigenvalue weighted by Crippen LogP contribution is -2.29. The predicted molar refractivity (Wildman–Crippen MR) is 278 cm³/mol. The highest BCUT2D eigenvalue weighted by Gasteiger charge is 2.53. The van der Waals surface area contributed by atoms with Gasteiger partial charge in [-0.1, -0.05) is 237 Å². The van der Waals surface area contributed by atoms with Crippen molar-refractivity contribution in [3.05, 3.63) is 305 Å². The van der Waals surface area contributed by atoms with E-state index >= 15 is 0 Å². The van der Waals surface area contributed by atoms with Crippen LogP contribution >= 0.6 is 0 Å². The van der Waals surface area contributed by atoms with Gasteiger partial charge in [-0.15, -0.1) is 0 Å². The van der Waals surface area contributed by atoms with Gasteiger partial charge in [0.1, 0.15) is 0 Å². The van der Waals surface area contributed by atoms with Crippen LogP contribution in [0.2, 0.25) is 0 Å². The third-order valence-electron chi connectivity index (χ3n) is 15.1. The molecule has 0 saturated carbocycles. The molecule has 312 valence electrons. The third kappa shape index (κ3) is 5.03. The fourth-order valence-corrected chi connectivity index (χ4v) is 12.7. The second-order valence-electron chi connectivity index (χ2n) is 18.2. The fraction of sp³-hybridized carbons (Fsp3) is 0.0303. The van der Waals surface area contributed by atoms with Gasteiger partial charge in [-0.2, -0.15) is 0 Å². The van der Waals surface area contributed by atoms with Crippen LogP contribution in [-0.2, 0) is 10.8 Å². The van der Waals surface area contributed by atoms with E-state index in [9.17, 15) is 0 Å². The second-order valence-corrected chi connectivity index (χ2v) is 18.2. The zero-order valence-corrected chi connectivity index (χ0v) is 36.8. The lowest BCUT2D eigenvalue weighted by Gasteiger charge is -2.37. The van der Waals surface area contributed by atoms with E-state index in [1.165, 1.54) is 105 Å². The van der Waals surface area contributed by atoms with Gasteiger partial charge < -0.3 is 4.90 Å². The molecule has 0 aromatic heterocycles. The Hall–Kier alpha value is -8.52. The minimum absolute atomic E-state index is 0.493. The first kappa shape index (κ1) is 37.8. The van der Waals surface area contributed by atoms with Crippen LogP contribution in [0.1, 0.15) is 44.5 Å². The standard InChI is InChI=1S/C66H43N/c1-5-23-44(24-6-1)61-53-34-13-14-35-54(53)63-62(55-36-18-22-40-59(55)65(63,45-25-7-2-8-26-45)46-27-9-3-10-28-46)64(61)67(47-29-11-4-12-30-47)48-41-42-52-51-33-17-21-39-58(51)66(60(52)43-48)56-37-19-15-31-49(56)50-32-16-20-38-57(50)66/h1-43H. The molecule has 0 saturated heterocycles. The molecule has 11 aromatic carbocycles. The summed E-state index contributed by atoms with van der Waals surface area (Å²) in [7, 11) is 0. The summed E-state index contributed by atoms with van der Waals surface area (Å²) < 4.78 is 0. The van der Waals surface area contributed by atoms with Gasteiger partial charge in [0.05, 0.1) is 16.5 Å². The van der Waals surface area contributed by atoms with Crippen LogP contribution in [0.15, 0.2) is 261 Å². The van der Waals surface area contributed by atoms with E-state index in [4.69, 9.17) is 0 Å². The normalized spacial score (nSPS) is 13.9. The molecule has 14 rings (SSSR count). The Morgan fingerprint density at radius 1 is 0.269 bits per heavy atom. The van der Waals surface area contributed by atoms with Crippen LogP contribution in [0.5, 0.6) is 0 Å². The first-order valence-corrected chi connectivity index (χ1v) is 23.4. The maximum Gasteiger partial charge on any atom is 0.0726 e. The summed E-state index contributed by atoms with van der Waals surface area (Å²) in [4.78, 5) is 2.60. The molecule has 67 heavy (non-hydrogen) atoms. The number of hydrogen-bond donors (Lipinski definition) is 0. The van der Waals surface area contributed by atoms with Gasteiger partial charge in [-0.3, -0.25) is 0 Å². The Morgan fingerprint density at radius 3 is 1.24 bits per heavy atom. The van der Waals surface area contributed by atoms with Gasteiger partial charge >= 0.3 is 0 Å². The number of nitrogens with zero attached hydrogens (tertiary/aromatic N) is 1. The second kappa shape index (κ2) is 14.5. The molecule has 0 aliphatic heterocycles. The van der Waals surface area contributed by atoms with Crippen molar-refractivity contribution in [1.82, 2.24) is 0 Å². The SMILES string of the molecule is c1ccc(-c2c(N(c3ccccc3)c3ccc4c(c3)C3(c5ccccc5-c5ccccc53)c3ccccc3-4)c3c(c4ccccc24)C(c2ccccc2)(c2ccccc2)c2ccccc2-3)cc1. The van der Waals surface area contributed by atoms with Crippen molar-refractivity contribution in [2.24, 2.45) is 0 Å². The summed E-state index contributed by atoms with van der Waals surface area (Å²) in [5.41, 5.74) is 22.8. The van der Waals surface area contributed by atoms with E-state index in [1.807, 2.05) is 0 Å². The summed E-state index contributed by atoms with van der Waals surface area (Å²) in [6.45, 7) is 0. The van der Waals surface area contributed by atoms with Gasteiger partial charge in [0.25, 0.3) is 0 Å². The molecule has 0 heterocycles. The monoisotopic (exact) mass is 849 g/mol. The predicted octanol–water partition coefficient (Wildman–Crippen LogP) is 16.7. The molecular formula is C66H43N. The summed E-state index contributed by atoms with van der Waals surface area (Å²) in [5, 5.41) is 2.47. The molecule has 0 N–H and O–H groups in total. The van der Waals surface area contributed by atoms with E-state index in [0.29, 0.717) is 0 Å². The summed E-state index contributed by atoms with van der Waals surface area (Å²) in [6, 6.07) is 97.7. The summed E-state index contributed by atoms with van der Waals surface area (Å²) in [6.07, 6.45) is 0. The molecule has 11 aromatic rings. The average molecular weight is 850 g/mol. The maximum atomic E-state index is 2.60. The Morgan fingerprint density at radius 2 is 0.687 bits per heavy atom. The molecule has 0 bridgehead atoms. The molecule has 1 spiro atoms. The molecule has 3 aliphatic rings. The van der Waals surface area contributed by atoms with Crippen LogP contribution in [0.25, 0.3) is 55.3 Å². The number of rotatable bonds is 6. The minimum Gasteiger partial charge on any atom is -0.309 e. The van der Waals surface area contributed by atoms with Crippen molar-refractivity contribution >= 4 is 27.8 Å². The molecule has 0 unspecified atom stereocenters. The third-order valence-corrected chi connectivity index (χ3v) is 15.1. The minimum atomic E-state index is -0.624. The van der Waals surface area contributed by atoms with Crippen LogP contribution in [0.3, 0.4) is 0 Å². The van der Waals surface area contributed by atoms with E-state index in [0.717, 1.165) is 11.4 Å². The van der Waals surface area contributed by atoms with Crippen molar-refractivity contribution in [3.8, 4) is 44.5 Å². The molecule has 0 fully saturated rings. The topological polar surface area (TPSA) is 3.24 Å². The number of anilines is 3. The highest BCUT2D eigenvalue weighted by molar-refractivity contribution is 6.17. The fourth-order valence-electron chi connectivity index (χ4n) is 12.7. The van der Waals surface area contributed by atoms with E-state index < -0.39 is 10.8 Å². The van der Waals surface area contributed by atoms with Crippen molar-refractivity contribution in [2.45, 2.75) is 10.8 Å². The van der Waals surface area contributed by atoms with Gasteiger partial charge in [-0.25, -0.2) is 0 Å². The van der Waals surface area contributed by atoms with E-state index in [-0.39, 0.29) is 0 Å². The smallest absolute Gasteiger partial charge is 0.0726 e. The molecule has 1 nitrogen and oxygen atoms in total. The Balaban J connectivity index is 1.17.